The molecule has 3 nitrogen and oxygen atoms in total. The number of rotatable bonds is 7. The molecule has 0 bridgehead atoms. The van der Waals surface area contributed by atoms with Gasteiger partial charge < -0.3 is 11.1 Å². The van der Waals surface area contributed by atoms with Gasteiger partial charge in [0.1, 0.15) is 0 Å². The summed E-state index contributed by atoms with van der Waals surface area (Å²) in [5.41, 5.74) is 8.15. The summed E-state index contributed by atoms with van der Waals surface area (Å²) < 4.78 is 0. The Hall–Kier alpha value is -1.55. The van der Waals surface area contributed by atoms with Crippen molar-refractivity contribution in [1.82, 2.24) is 5.32 Å². The molecule has 0 heterocycles. The number of carbonyl (C=O) groups excluding carboxylic acids is 1. The Kier molecular flexibility index (Phi) is 6.90. The Morgan fingerprint density at radius 3 is 2.52 bits per heavy atom. The number of hydrogen-bond donors (Lipinski definition) is 2. The maximum Gasteiger partial charge on any atom is 0.220 e. The second-order valence-electron chi connectivity index (χ2n) is 5.42. The lowest BCUT2D eigenvalue weighted by molar-refractivity contribution is -0.121. The molecule has 0 spiro atoms. The highest BCUT2D eigenvalue weighted by Crippen LogP contribution is 2.23. The van der Waals surface area contributed by atoms with E-state index in [1.54, 1.807) is 6.07 Å². The number of hydrogen-bond acceptors (Lipinski definition) is 2. The van der Waals surface area contributed by atoms with Gasteiger partial charge in [-0.2, -0.15) is 0 Å². The van der Waals surface area contributed by atoms with Crippen molar-refractivity contribution in [2.75, 3.05) is 6.54 Å². The third kappa shape index (κ3) is 5.87. The van der Waals surface area contributed by atoms with Gasteiger partial charge in [0.2, 0.25) is 5.91 Å². The first-order chi connectivity index (χ1) is 11.1. The number of carbonyl (C=O) groups is 1. The van der Waals surface area contributed by atoms with Gasteiger partial charge in [0.05, 0.1) is 10.0 Å². The van der Waals surface area contributed by atoms with Crippen LogP contribution in [0.1, 0.15) is 30.0 Å². The highest BCUT2D eigenvalue weighted by molar-refractivity contribution is 6.42. The van der Waals surface area contributed by atoms with Crippen LogP contribution >= 0.6 is 23.2 Å². The maximum absolute atomic E-state index is 11.9. The van der Waals surface area contributed by atoms with Crippen molar-refractivity contribution in [2.45, 2.75) is 25.3 Å². The standard InChI is InChI=1S/C18H20Cl2N2O/c19-15-10-9-13(11-16(15)20)5-4-8-18(23)22-12-17(21)14-6-2-1-3-7-14/h1-3,6-7,9-11,17H,4-5,8,12,21H2,(H,22,23). The van der Waals surface area contributed by atoms with Gasteiger partial charge in [-0.25, -0.2) is 0 Å². The van der Waals surface area contributed by atoms with E-state index in [0.717, 1.165) is 24.0 Å². The van der Waals surface area contributed by atoms with Crippen LogP contribution in [0.15, 0.2) is 48.5 Å². The predicted octanol–water partition coefficient (Wildman–Crippen LogP) is 4.13. The van der Waals surface area contributed by atoms with Gasteiger partial charge in [-0.3, -0.25) is 4.79 Å². The van der Waals surface area contributed by atoms with Crippen LogP contribution in [-0.4, -0.2) is 12.5 Å². The highest BCUT2D eigenvalue weighted by atomic mass is 35.5. The summed E-state index contributed by atoms with van der Waals surface area (Å²) in [5, 5.41) is 3.97. The minimum Gasteiger partial charge on any atom is -0.354 e. The lowest BCUT2D eigenvalue weighted by Gasteiger charge is -2.13. The number of nitrogens with one attached hydrogen (secondary N) is 1. The molecule has 0 aliphatic rings. The van der Waals surface area contributed by atoms with E-state index in [-0.39, 0.29) is 11.9 Å². The molecule has 0 saturated heterocycles. The van der Waals surface area contributed by atoms with Gasteiger partial charge in [-0.15, -0.1) is 0 Å². The van der Waals surface area contributed by atoms with Crippen LogP contribution in [0.3, 0.4) is 0 Å². The Morgan fingerprint density at radius 2 is 1.83 bits per heavy atom. The fourth-order valence-electron chi connectivity index (χ4n) is 2.28. The van der Waals surface area contributed by atoms with Crippen molar-refractivity contribution in [3.05, 3.63) is 69.7 Å². The fraction of sp³-hybridized carbons (Fsp3) is 0.278. The molecule has 0 aliphatic heterocycles. The SMILES string of the molecule is NC(CNC(=O)CCCc1ccc(Cl)c(Cl)c1)c1ccccc1. The predicted molar refractivity (Wildman–Crippen MR) is 95.8 cm³/mol. The monoisotopic (exact) mass is 350 g/mol. The summed E-state index contributed by atoms with van der Waals surface area (Å²) in [4.78, 5) is 11.9. The van der Waals surface area contributed by atoms with Crippen molar-refractivity contribution in [2.24, 2.45) is 5.73 Å². The normalized spacial score (nSPS) is 12.0. The van der Waals surface area contributed by atoms with E-state index < -0.39 is 0 Å². The first-order valence-electron chi connectivity index (χ1n) is 7.57. The van der Waals surface area contributed by atoms with E-state index in [1.165, 1.54) is 0 Å². The smallest absolute Gasteiger partial charge is 0.220 e. The van der Waals surface area contributed by atoms with Gasteiger partial charge in [0.25, 0.3) is 0 Å². The summed E-state index contributed by atoms with van der Waals surface area (Å²) in [6, 6.07) is 15.1. The first kappa shape index (κ1) is 17.8. The molecular weight excluding hydrogens is 331 g/mol. The zero-order valence-electron chi connectivity index (χ0n) is 12.8. The second-order valence-corrected chi connectivity index (χ2v) is 6.24. The van der Waals surface area contributed by atoms with E-state index >= 15 is 0 Å². The lowest BCUT2D eigenvalue weighted by atomic mass is 10.1. The summed E-state index contributed by atoms with van der Waals surface area (Å²) >= 11 is 11.9. The molecule has 2 rings (SSSR count). The van der Waals surface area contributed by atoms with Crippen LogP contribution in [-0.2, 0) is 11.2 Å². The lowest BCUT2D eigenvalue weighted by Crippen LogP contribution is -2.31. The molecule has 122 valence electrons. The molecule has 2 aromatic carbocycles. The Balaban J connectivity index is 1.70. The number of benzene rings is 2. The number of nitrogens with two attached hydrogens (primary N) is 1. The maximum atomic E-state index is 11.9. The van der Waals surface area contributed by atoms with Crippen molar-refractivity contribution in [1.29, 1.82) is 0 Å². The van der Waals surface area contributed by atoms with E-state index in [4.69, 9.17) is 28.9 Å². The second kappa shape index (κ2) is 8.92. The van der Waals surface area contributed by atoms with E-state index in [1.807, 2.05) is 42.5 Å². The van der Waals surface area contributed by atoms with Crippen molar-refractivity contribution in [3.63, 3.8) is 0 Å². The molecule has 23 heavy (non-hydrogen) atoms. The van der Waals surface area contributed by atoms with Gasteiger partial charge in [-0.1, -0.05) is 59.6 Å². The average molecular weight is 351 g/mol. The number of halogens is 2. The van der Waals surface area contributed by atoms with E-state index in [2.05, 4.69) is 5.32 Å². The van der Waals surface area contributed by atoms with Crippen molar-refractivity contribution in [3.8, 4) is 0 Å². The number of amides is 1. The van der Waals surface area contributed by atoms with Crippen LogP contribution in [0.25, 0.3) is 0 Å². The van der Waals surface area contributed by atoms with Gasteiger partial charge in [-0.05, 0) is 36.1 Å². The summed E-state index contributed by atoms with van der Waals surface area (Å²) in [7, 11) is 0. The van der Waals surface area contributed by atoms with Crippen molar-refractivity contribution >= 4 is 29.1 Å². The van der Waals surface area contributed by atoms with Gasteiger partial charge in [0, 0.05) is 19.0 Å². The zero-order chi connectivity index (χ0) is 16.7. The molecule has 1 unspecified atom stereocenters. The molecule has 1 amide bonds. The molecule has 5 heteroatoms. The Bertz CT molecular complexity index is 647. The first-order valence-corrected chi connectivity index (χ1v) is 8.33. The minimum absolute atomic E-state index is 0.0106. The van der Waals surface area contributed by atoms with E-state index in [9.17, 15) is 4.79 Å². The van der Waals surface area contributed by atoms with Crippen LogP contribution in [0, 0.1) is 0 Å². The van der Waals surface area contributed by atoms with Crippen LogP contribution < -0.4 is 11.1 Å². The largest absolute Gasteiger partial charge is 0.354 e. The molecule has 0 radical (unpaired) electrons. The molecule has 0 saturated carbocycles. The average Bonchev–Trinajstić information content (AvgIpc) is 2.56. The van der Waals surface area contributed by atoms with Crippen LogP contribution in [0.2, 0.25) is 10.0 Å². The summed E-state index contributed by atoms with van der Waals surface area (Å²) in [6.07, 6.45) is 2.00. The molecular formula is C18H20Cl2N2O. The fourth-order valence-corrected chi connectivity index (χ4v) is 2.60. The van der Waals surface area contributed by atoms with Gasteiger partial charge >= 0.3 is 0 Å². The minimum atomic E-state index is -0.185. The quantitative estimate of drug-likeness (QED) is 0.788. The highest BCUT2D eigenvalue weighted by Gasteiger charge is 2.08. The summed E-state index contributed by atoms with van der Waals surface area (Å²) in [5.74, 6) is 0.0106. The van der Waals surface area contributed by atoms with E-state index in [0.29, 0.717) is 23.0 Å². The van der Waals surface area contributed by atoms with Crippen LogP contribution in [0.4, 0.5) is 0 Å². The Morgan fingerprint density at radius 1 is 1.09 bits per heavy atom. The molecule has 2 aromatic rings. The topological polar surface area (TPSA) is 55.1 Å². The number of aryl methyl sites for hydroxylation is 1. The molecule has 1 atom stereocenters. The summed E-state index contributed by atoms with van der Waals surface area (Å²) in [6.45, 7) is 0.440. The molecule has 0 fully saturated rings. The molecule has 0 aliphatic carbocycles. The Labute approximate surface area is 146 Å². The van der Waals surface area contributed by atoms with Crippen molar-refractivity contribution < 1.29 is 4.79 Å². The molecule has 0 aromatic heterocycles. The molecule has 3 N–H and O–H groups in total. The third-order valence-corrected chi connectivity index (χ3v) is 4.34. The zero-order valence-corrected chi connectivity index (χ0v) is 14.3. The third-order valence-electron chi connectivity index (χ3n) is 3.60. The van der Waals surface area contributed by atoms with Crippen LogP contribution in [0.5, 0.6) is 0 Å². The van der Waals surface area contributed by atoms with Gasteiger partial charge in [0.15, 0.2) is 0 Å².